The van der Waals surface area contributed by atoms with Crippen LogP contribution < -0.4 is 4.72 Å². The molecule has 2 heterocycles. The second kappa shape index (κ2) is 5.22. The molecular weight excluding hydrogens is 348 g/mol. The number of halogens is 1. The van der Waals surface area contributed by atoms with Gasteiger partial charge < -0.3 is 0 Å². The number of nitrogens with one attached hydrogen (secondary N) is 1. The third-order valence-corrected chi connectivity index (χ3v) is 5.61. The summed E-state index contributed by atoms with van der Waals surface area (Å²) in [5, 5.41) is 0. The fourth-order valence-corrected chi connectivity index (χ4v) is 4.78. The molecule has 0 radical (unpaired) electrons. The lowest BCUT2D eigenvalue weighted by molar-refractivity contribution is 0.601. The molecule has 19 heavy (non-hydrogen) atoms. The van der Waals surface area contributed by atoms with Gasteiger partial charge in [0.1, 0.15) is 9.50 Å². The highest BCUT2D eigenvalue weighted by Crippen LogP contribution is 2.27. The van der Waals surface area contributed by atoms with Crippen molar-refractivity contribution in [3.63, 3.8) is 0 Å². The zero-order valence-electron chi connectivity index (χ0n) is 10.7. The molecule has 2 aromatic rings. The Bertz CT molecular complexity index is 723. The van der Waals surface area contributed by atoms with Gasteiger partial charge in [-0.05, 0) is 54.9 Å². The van der Waals surface area contributed by atoms with E-state index in [1.807, 2.05) is 6.92 Å². The zero-order chi connectivity index (χ0) is 14.2. The summed E-state index contributed by atoms with van der Waals surface area (Å²) >= 11 is 4.72. The number of rotatable bonds is 3. The van der Waals surface area contributed by atoms with E-state index in [4.69, 9.17) is 0 Å². The number of pyridine rings is 1. The van der Waals surface area contributed by atoms with Crippen LogP contribution in [0.5, 0.6) is 0 Å². The molecule has 0 aromatic carbocycles. The maximum absolute atomic E-state index is 12.3. The van der Waals surface area contributed by atoms with Crippen LogP contribution >= 0.6 is 27.3 Å². The first kappa shape index (κ1) is 14.5. The third-order valence-electron chi connectivity index (χ3n) is 2.58. The Morgan fingerprint density at radius 1 is 1.26 bits per heavy atom. The van der Waals surface area contributed by atoms with E-state index in [0.717, 1.165) is 9.75 Å². The van der Waals surface area contributed by atoms with Crippen LogP contribution in [-0.2, 0) is 10.0 Å². The summed E-state index contributed by atoms with van der Waals surface area (Å²) in [6, 6.07) is 5.08. The fraction of sp³-hybridized carbons (Fsp3) is 0.250. The van der Waals surface area contributed by atoms with Crippen molar-refractivity contribution >= 4 is 43.0 Å². The summed E-state index contributed by atoms with van der Waals surface area (Å²) in [4.78, 5) is 6.26. The highest BCUT2D eigenvalue weighted by Gasteiger charge is 2.20. The second-order valence-corrected chi connectivity index (χ2v) is 8.07. The van der Waals surface area contributed by atoms with E-state index in [1.54, 1.807) is 32.0 Å². The van der Waals surface area contributed by atoms with E-state index in [9.17, 15) is 8.42 Å². The average molecular weight is 361 g/mol. The minimum atomic E-state index is -3.55. The molecule has 0 aliphatic heterocycles. The summed E-state index contributed by atoms with van der Waals surface area (Å²) in [6.45, 7) is 5.45. The maximum atomic E-state index is 12.3. The molecular formula is C12H13BrN2O2S2. The van der Waals surface area contributed by atoms with Gasteiger partial charge in [0.2, 0.25) is 0 Å². The molecule has 1 N–H and O–H groups in total. The van der Waals surface area contributed by atoms with Crippen LogP contribution in [0, 0.1) is 20.8 Å². The summed E-state index contributed by atoms with van der Waals surface area (Å²) in [7, 11) is -3.55. The molecule has 0 unspecified atom stereocenters. The van der Waals surface area contributed by atoms with Crippen LogP contribution in [0.4, 0.5) is 5.69 Å². The number of hydrogen-bond acceptors (Lipinski definition) is 4. The summed E-state index contributed by atoms with van der Waals surface area (Å²) in [5.41, 5.74) is 1.12. The van der Waals surface area contributed by atoms with E-state index in [1.165, 1.54) is 11.3 Å². The van der Waals surface area contributed by atoms with E-state index >= 15 is 0 Å². The zero-order valence-corrected chi connectivity index (χ0v) is 13.9. The minimum Gasteiger partial charge on any atom is -0.278 e. The van der Waals surface area contributed by atoms with Gasteiger partial charge in [-0.15, -0.1) is 11.3 Å². The normalized spacial score (nSPS) is 11.6. The average Bonchev–Trinajstić information content (AvgIpc) is 2.63. The topological polar surface area (TPSA) is 59.1 Å². The summed E-state index contributed by atoms with van der Waals surface area (Å²) in [6.07, 6.45) is 0. The molecule has 4 nitrogen and oxygen atoms in total. The SMILES string of the molecule is Cc1cc(S(=O)(=O)Nc2ccc(Br)nc2C)c(C)s1. The van der Waals surface area contributed by atoms with E-state index in [2.05, 4.69) is 25.6 Å². The second-order valence-electron chi connectivity index (χ2n) is 4.15. The van der Waals surface area contributed by atoms with Crippen LogP contribution in [0.1, 0.15) is 15.4 Å². The van der Waals surface area contributed by atoms with Gasteiger partial charge in [-0.3, -0.25) is 4.72 Å². The van der Waals surface area contributed by atoms with Crippen molar-refractivity contribution < 1.29 is 8.42 Å². The quantitative estimate of drug-likeness (QED) is 0.850. The first-order chi connectivity index (χ1) is 8.79. The Kier molecular flexibility index (Phi) is 3.98. The van der Waals surface area contributed by atoms with Gasteiger partial charge >= 0.3 is 0 Å². The molecule has 0 atom stereocenters. The monoisotopic (exact) mass is 360 g/mol. The van der Waals surface area contributed by atoms with Crippen LogP contribution in [0.15, 0.2) is 27.7 Å². The lowest BCUT2D eigenvalue weighted by atomic mass is 10.3. The number of hydrogen-bond donors (Lipinski definition) is 1. The molecule has 2 rings (SSSR count). The van der Waals surface area contributed by atoms with Crippen LogP contribution in [0.25, 0.3) is 0 Å². The molecule has 0 aliphatic rings. The highest BCUT2D eigenvalue weighted by molar-refractivity contribution is 9.10. The van der Waals surface area contributed by atoms with Gasteiger partial charge in [0, 0.05) is 9.75 Å². The molecule has 0 fully saturated rings. The molecule has 0 saturated heterocycles. The summed E-state index contributed by atoms with van der Waals surface area (Å²) in [5.74, 6) is 0. The van der Waals surface area contributed by atoms with Crippen molar-refractivity contribution in [2.75, 3.05) is 4.72 Å². The Balaban J connectivity index is 2.39. The van der Waals surface area contributed by atoms with E-state index in [0.29, 0.717) is 20.9 Å². The van der Waals surface area contributed by atoms with Crippen LogP contribution in [-0.4, -0.2) is 13.4 Å². The Morgan fingerprint density at radius 2 is 1.95 bits per heavy atom. The van der Waals surface area contributed by atoms with E-state index < -0.39 is 10.0 Å². The first-order valence-electron chi connectivity index (χ1n) is 5.52. The van der Waals surface area contributed by atoms with Crippen molar-refractivity contribution in [1.29, 1.82) is 0 Å². The minimum absolute atomic E-state index is 0.331. The summed E-state index contributed by atoms with van der Waals surface area (Å²) < 4.78 is 27.9. The molecule has 2 aromatic heterocycles. The van der Waals surface area contributed by atoms with Crippen LogP contribution in [0.3, 0.4) is 0 Å². The smallest absolute Gasteiger partial charge is 0.263 e. The van der Waals surface area contributed by atoms with Gasteiger partial charge in [-0.1, -0.05) is 0 Å². The molecule has 0 bridgehead atoms. The number of aryl methyl sites for hydroxylation is 3. The Labute approximate surface area is 125 Å². The van der Waals surface area contributed by atoms with Crippen molar-refractivity contribution in [1.82, 2.24) is 4.98 Å². The number of nitrogens with zero attached hydrogens (tertiary/aromatic N) is 1. The lowest BCUT2D eigenvalue weighted by Gasteiger charge is -2.09. The highest BCUT2D eigenvalue weighted by atomic mass is 79.9. The molecule has 0 aliphatic carbocycles. The van der Waals surface area contributed by atoms with Gasteiger partial charge in [0.15, 0.2) is 0 Å². The first-order valence-corrected chi connectivity index (χ1v) is 8.62. The molecule has 0 amide bonds. The molecule has 102 valence electrons. The Hall–Kier alpha value is -0.920. The molecule has 7 heteroatoms. The van der Waals surface area contributed by atoms with Crippen molar-refractivity contribution in [2.24, 2.45) is 0 Å². The largest absolute Gasteiger partial charge is 0.278 e. The predicted molar refractivity (Wildman–Crippen MR) is 81.3 cm³/mol. The Morgan fingerprint density at radius 3 is 2.47 bits per heavy atom. The van der Waals surface area contributed by atoms with Gasteiger partial charge in [0.25, 0.3) is 10.0 Å². The van der Waals surface area contributed by atoms with Crippen molar-refractivity contribution in [3.05, 3.63) is 38.3 Å². The number of aromatic nitrogens is 1. The van der Waals surface area contributed by atoms with Crippen LogP contribution in [0.2, 0.25) is 0 Å². The van der Waals surface area contributed by atoms with Crippen molar-refractivity contribution in [3.8, 4) is 0 Å². The van der Waals surface area contributed by atoms with E-state index in [-0.39, 0.29) is 0 Å². The number of anilines is 1. The lowest BCUT2D eigenvalue weighted by Crippen LogP contribution is -2.14. The van der Waals surface area contributed by atoms with Crippen molar-refractivity contribution in [2.45, 2.75) is 25.7 Å². The van der Waals surface area contributed by atoms with Gasteiger partial charge in [0.05, 0.1) is 11.4 Å². The third kappa shape index (κ3) is 3.16. The predicted octanol–water partition coefficient (Wildman–Crippen LogP) is 3.63. The molecule has 0 saturated carbocycles. The van der Waals surface area contributed by atoms with Gasteiger partial charge in [-0.2, -0.15) is 0 Å². The number of thiophene rings is 1. The molecule has 0 spiro atoms. The maximum Gasteiger partial charge on any atom is 0.263 e. The number of sulfonamides is 1. The fourth-order valence-electron chi connectivity index (χ4n) is 1.71. The van der Waals surface area contributed by atoms with Gasteiger partial charge in [-0.25, -0.2) is 13.4 Å². The standard InChI is InChI=1S/C12H13BrN2O2S2/c1-7-6-11(9(3)18-7)19(16,17)15-10-4-5-12(13)14-8(10)2/h4-6,15H,1-3H3.